The Bertz CT molecular complexity index is 1080. The zero-order valence-electron chi connectivity index (χ0n) is 19.1. The Hall–Kier alpha value is -2.10. The minimum atomic E-state index is -3.79. The van der Waals surface area contributed by atoms with Crippen molar-refractivity contribution >= 4 is 55.1 Å². The number of amides is 2. The Morgan fingerprint density at radius 3 is 2.30 bits per heavy atom. The van der Waals surface area contributed by atoms with Gasteiger partial charge in [-0.2, -0.15) is 0 Å². The highest BCUT2D eigenvalue weighted by Crippen LogP contribution is 2.23. The van der Waals surface area contributed by atoms with Gasteiger partial charge in [-0.05, 0) is 56.2 Å². The molecule has 0 aromatic heterocycles. The van der Waals surface area contributed by atoms with E-state index in [1.807, 2.05) is 38.1 Å². The molecule has 0 spiro atoms. The molecule has 0 saturated heterocycles. The molecular weight excluding hydrogens is 530 g/mol. The molecule has 0 heterocycles. The van der Waals surface area contributed by atoms with Crippen LogP contribution in [0.2, 0.25) is 5.02 Å². The SMILES string of the molecule is CC[C@@H](C)NC(=O)[C@H](C)N(Cc1ccc(Br)cc1)C(=O)CN(c1cccc(Cl)c1)S(C)(=O)=O. The summed E-state index contributed by atoms with van der Waals surface area (Å²) in [5, 5.41) is 3.24. The van der Waals surface area contributed by atoms with Crippen molar-refractivity contribution in [1.82, 2.24) is 10.2 Å². The Labute approximate surface area is 209 Å². The maximum atomic E-state index is 13.4. The van der Waals surface area contributed by atoms with E-state index in [1.54, 1.807) is 25.1 Å². The molecule has 0 radical (unpaired) electrons. The van der Waals surface area contributed by atoms with Gasteiger partial charge < -0.3 is 10.2 Å². The summed E-state index contributed by atoms with van der Waals surface area (Å²) in [5.74, 6) is -0.807. The van der Waals surface area contributed by atoms with Gasteiger partial charge >= 0.3 is 0 Å². The third-order valence-electron chi connectivity index (χ3n) is 5.21. The van der Waals surface area contributed by atoms with Crippen LogP contribution >= 0.6 is 27.5 Å². The Kier molecular flexibility index (Phi) is 9.75. The van der Waals surface area contributed by atoms with Crippen molar-refractivity contribution < 1.29 is 18.0 Å². The van der Waals surface area contributed by atoms with Gasteiger partial charge in [-0.3, -0.25) is 13.9 Å². The quantitative estimate of drug-likeness (QED) is 0.474. The van der Waals surface area contributed by atoms with Crippen molar-refractivity contribution in [2.24, 2.45) is 0 Å². The lowest BCUT2D eigenvalue weighted by Gasteiger charge is -2.32. The average molecular weight is 559 g/mol. The van der Waals surface area contributed by atoms with Gasteiger partial charge in [0, 0.05) is 22.1 Å². The fraction of sp³-hybridized carbons (Fsp3) is 0.391. The van der Waals surface area contributed by atoms with Gasteiger partial charge in [0.05, 0.1) is 11.9 Å². The lowest BCUT2D eigenvalue weighted by molar-refractivity contribution is -0.139. The van der Waals surface area contributed by atoms with Gasteiger partial charge in [0.15, 0.2) is 0 Å². The summed E-state index contributed by atoms with van der Waals surface area (Å²) < 4.78 is 26.9. The van der Waals surface area contributed by atoms with E-state index in [1.165, 1.54) is 11.0 Å². The Morgan fingerprint density at radius 2 is 1.76 bits per heavy atom. The van der Waals surface area contributed by atoms with E-state index in [9.17, 15) is 18.0 Å². The van der Waals surface area contributed by atoms with Gasteiger partial charge in [-0.1, -0.05) is 52.7 Å². The van der Waals surface area contributed by atoms with E-state index in [0.29, 0.717) is 5.02 Å². The third kappa shape index (κ3) is 8.01. The number of hydrogen-bond acceptors (Lipinski definition) is 4. The lowest BCUT2D eigenvalue weighted by Crippen LogP contribution is -2.52. The second kappa shape index (κ2) is 11.9. The van der Waals surface area contributed by atoms with Crippen molar-refractivity contribution in [3.05, 3.63) is 63.6 Å². The molecule has 10 heteroatoms. The molecule has 2 aromatic carbocycles. The van der Waals surface area contributed by atoms with E-state index in [-0.39, 0.29) is 24.2 Å². The van der Waals surface area contributed by atoms with Gasteiger partial charge in [0.2, 0.25) is 21.8 Å². The monoisotopic (exact) mass is 557 g/mol. The molecule has 180 valence electrons. The van der Waals surface area contributed by atoms with Crippen LogP contribution in [0.5, 0.6) is 0 Å². The van der Waals surface area contributed by atoms with Crippen molar-refractivity contribution in [3.63, 3.8) is 0 Å². The minimum Gasteiger partial charge on any atom is -0.352 e. The zero-order chi connectivity index (χ0) is 24.8. The normalized spacial score (nSPS) is 13.2. The maximum absolute atomic E-state index is 13.4. The molecule has 2 amide bonds. The summed E-state index contributed by atoms with van der Waals surface area (Å²) in [6.45, 7) is 5.16. The molecule has 0 fully saturated rings. The van der Waals surface area contributed by atoms with E-state index in [4.69, 9.17) is 11.6 Å². The molecule has 2 rings (SSSR count). The average Bonchev–Trinajstić information content (AvgIpc) is 2.75. The van der Waals surface area contributed by atoms with Crippen LogP contribution in [0.25, 0.3) is 0 Å². The van der Waals surface area contributed by atoms with Crippen LogP contribution in [0.3, 0.4) is 0 Å². The summed E-state index contributed by atoms with van der Waals surface area (Å²) in [5.41, 5.74) is 1.09. The van der Waals surface area contributed by atoms with E-state index in [0.717, 1.165) is 27.0 Å². The number of halogens is 2. The molecule has 2 atom stereocenters. The molecular formula is C23H29BrClN3O4S. The summed E-state index contributed by atoms with van der Waals surface area (Å²) in [4.78, 5) is 27.7. The standard InChI is InChI=1S/C23H29BrClN3O4S/c1-5-16(2)26-23(30)17(3)27(14-18-9-11-19(24)12-10-18)22(29)15-28(33(4,31)32)21-8-6-7-20(25)13-21/h6-13,16-17H,5,14-15H2,1-4H3,(H,26,30)/t16-,17+/m1/s1. The minimum absolute atomic E-state index is 0.0523. The highest BCUT2D eigenvalue weighted by Gasteiger charge is 2.30. The van der Waals surface area contributed by atoms with Crippen LogP contribution in [0.1, 0.15) is 32.8 Å². The fourth-order valence-electron chi connectivity index (χ4n) is 3.08. The van der Waals surface area contributed by atoms with Crippen LogP contribution in [-0.2, 0) is 26.2 Å². The Morgan fingerprint density at radius 1 is 1.12 bits per heavy atom. The summed E-state index contributed by atoms with van der Waals surface area (Å²) in [6, 6.07) is 12.8. The van der Waals surface area contributed by atoms with E-state index in [2.05, 4.69) is 21.2 Å². The number of nitrogens with zero attached hydrogens (tertiary/aromatic N) is 2. The molecule has 0 aliphatic rings. The molecule has 7 nitrogen and oxygen atoms in total. The van der Waals surface area contributed by atoms with E-state index < -0.39 is 28.5 Å². The predicted molar refractivity (Wildman–Crippen MR) is 136 cm³/mol. The number of benzene rings is 2. The molecule has 2 aromatic rings. The number of sulfonamides is 1. The summed E-state index contributed by atoms with van der Waals surface area (Å²) in [7, 11) is -3.79. The van der Waals surface area contributed by atoms with Crippen molar-refractivity contribution in [3.8, 4) is 0 Å². The maximum Gasteiger partial charge on any atom is 0.244 e. The van der Waals surface area contributed by atoms with E-state index >= 15 is 0 Å². The predicted octanol–water partition coefficient (Wildman–Crippen LogP) is 4.20. The number of nitrogens with one attached hydrogen (secondary N) is 1. The highest BCUT2D eigenvalue weighted by molar-refractivity contribution is 9.10. The van der Waals surface area contributed by atoms with Gasteiger partial charge in [-0.25, -0.2) is 8.42 Å². The van der Waals surface area contributed by atoms with Crippen LogP contribution in [0.4, 0.5) is 5.69 Å². The van der Waals surface area contributed by atoms with Crippen LogP contribution in [0.15, 0.2) is 53.0 Å². The number of rotatable bonds is 10. The molecule has 0 bridgehead atoms. The summed E-state index contributed by atoms with van der Waals surface area (Å²) >= 11 is 9.42. The fourth-order valence-corrected chi connectivity index (χ4v) is 4.37. The lowest BCUT2D eigenvalue weighted by atomic mass is 10.1. The first-order valence-corrected chi connectivity index (χ1v) is 13.5. The van der Waals surface area contributed by atoms with Gasteiger partial charge in [0.1, 0.15) is 12.6 Å². The number of hydrogen-bond donors (Lipinski definition) is 1. The largest absolute Gasteiger partial charge is 0.352 e. The van der Waals surface area contributed by atoms with Crippen molar-refractivity contribution in [1.29, 1.82) is 0 Å². The van der Waals surface area contributed by atoms with Crippen LogP contribution in [-0.4, -0.2) is 50.0 Å². The first-order chi connectivity index (χ1) is 15.4. The first-order valence-electron chi connectivity index (χ1n) is 10.5. The number of carbonyl (C=O) groups excluding carboxylic acids is 2. The molecule has 0 aliphatic heterocycles. The van der Waals surface area contributed by atoms with Crippen LogP contribution in [0, 0.1) is 0 Å². The third-order valence-corrected chi connectivity index (χ3v) is 7.11. The Balaban J connectivity index is 2.37. The summed E-state index contributed by atoms with van der Waals surface area (Å²) in [6.07, 6.45) is 1.77. The van der Waals surface area contributed by atoms with Crippen molar-refractivity contribution in [2.75, 3.05) is 17.1 Å². The second-order valence-electron chi connectivity index (χ2n) is 7.89. The number of anilines is 1. The smallest absolute Gasteiger partial charge is 0.244 e. The molecule has 0 unspecified atom stereocenters. The van der Waals surface area contributed by atoms with Gasteiger partial charge in [0.25, 0.3) is 0 Å². The highest BCUT2D eigenvalue weighted by atomic mass is 79.9. The zero-order valence-corrected chi connectivity index (χ0v) is 22.2. The molecule has 0 aliphatic carbocycles. The number of carbonyl (C=O) groups is 2. The molecule has 33 heavy (non-hydrogen) atoms. The van der Waals surface area contributed by atoms with Crippen molar-refractivity contribution in [2.45, 2.75) is 45.8 Å². The topological polar surface area (TPSA) is 86.8 Å². The molecule has 1 N–H and O–H groups in total. The molecule has 0 saturated carbocycles. The first kappa shape index (κ1) is 27.1. The van der Waals surface area contributed by atoms with Gasteiger partial charge in [-0.15, -0.1) is 0 Å². The second-order valence-corrected chi connectivity index (χ2v) is 11.2. The van der Waals surface area contributed by atoms with Crippen LogP contribution < -0.4 is 9.62 Å².